The molecule has 0 bridgehead atoms. The average molecular weight is 406 g/mol. The highest BCUT2D eigenvalue weighted by molar-refractivity contribution is 6.06. The number of carbonyl (C=O) groups excluding carboxylic acids is 2. The molecule has 0 aliphatic carbocycles. The number of hydrogen-bond donors (Lipinski definition) is 2. The molecule has 0 radical (unpaired) electrons. The lowest BCUT2D eigenvalue weighted by atomic mass is 10.1. The average Bonchev–Trinajstić information content (AvgIpc) is 3.12. The fraction of sp³-hybridized carbons (Fsp3) is 0.105. The van der Waals surface area contributed by atoms with Gasteiger partial charge in [-0.2, -0.15) is 18.3 Å². The summed E-state index contributed by atoms with van der Waals surface area (Å²) in [6.07, 6.45) is -3.22. The van der Waals surface area contributed by atoms with Crippen molar-refractivity contribution in [2.24, 2.45) is 0 Å². The highest BCUT2D eigenvalue weighted by Gasteiger charge is 2.31. The Kier molecular flexibility index (Phi) is 5.35. The van der Waals surface area contributed by atoms with Gasteiger partial charge in [0.15, 0.2) is 5.69 Å². The van der Waals surface area contributed by atoms with E-state index in [9.17, 15) is 27.2 Å². The van der Waals surface area contributed by atoms with Gasteiger partial charge in [-0.3, -0.25) is 9.59 Å². The third kappa shape index (κ3) is 4.78. The zero-order valence-electron chi connectivity index (χ0n) is 14.9. The van der Waals surface area contributed by atoms with Crippen molar-refractivity contribution in [3.63, 3.8) is 0 Å². The van der Waals surface area contributed by atoms with Crippen LogP contribution in [0.3, 0.4) is 0 Å². The fourth-order valence-corrected chi connectivity index (χ4v) is 2.52. The van der Waals surface area contributed by atoms with Crippen LogP contribution in [0.4, 0.5) is 28.9 Å². The van der Waals surface area contributed by atoms with Crippen LogP contribution in [-0.4, -0.2) is 21.6 Å². The summed E-state index contributed by atoms with van der Waals surface area (Å²) in [5.41, 5.74) is -0.974. The molecule has 29 heavy (non-hydrogen) atoms. The Hall–Kier alpha value is -3.69. The third-order valence-corrected chi connectivity index (χ3v) is 3.80. The van der Waals surface area contributed by atoms with E-state index in [1.54, 1.807) is 6.07 Å². The van der Waals surface area contributed by atoms with Crippen molar-refractivity contribution in [3.05, 3.63) is 71.8 Å². The number of carbonyl (C=O) groups is 2. The number of rotatable bonds is 4. The molecule has 0 spiro atoms. The zero-order chi connectivity index (χ0) is 21.2. The van der Waals surface area contributed by atoms with E-state index in [2.05, 4.69) is 15.7 Å². The van der Waals surface area contributed by atoms with E-state index in [4.69, 9.17) is 0 Å². The molecule has 3 aromatic rings. The molecule has 0 saturated heterocycles. The lowest BCUT2D eigenvalue weighted by Gasteiger charge is -2.14. The Morgan fingerprint density at radius 1 is 1.00 bits per heavy atom. The lowest BCUT2D eigenvalue weighted by molar-refractivity contribution is -0.137. The molecule has 3 rings (SSSR count). The normalized spacial score (nSPS) is 11.2. The maximum Gasteiger partial charge on any atom is 0.416 e. The van der Waals surface area contributed by atoms with E-state index < -0.39 is 29.4 Å². The number of alkyl halides is 3. The number of nitrogens with one attached hydrogen (secondary N) is 2. The van der Waals surface area contributed by atoms with Crippen LogP contribution in [0.5, 0.6) is 0 Å². The monoisotopic (exact) mass is 406 g/mol. The minimum Gasteiger partial charge on any atom is -0.325 e. The number of nitrogens with zero attached hydrogens (tertiary/aromatic N) is 2. The van der Waals surface area contributed by atoms with Crippen molar-refractivity contribution >= 4 is 23.2 Å². The zero-order valence-corrected chi connectivity index (χ0v) is 14.9. The van der Waals surface area contributed by atoms with Crippen molar-refractivity contribution in [1.29, 1.82) is 0 Å². The summed E-state index contributed by atoms with van der Waals surface area (Å²) in [4.78, 5) is 23.8. The first-order valence-electron chi connectivity index (χ1n) is 8.25. The summed E-state index contributed by atoms with van der Waals surface area (Å²) >= 11 is 0. The van der Waals surface area contributed by atoms with Crippen LogP contribution in [0.25, 0.3) is 5.69 Å². The number of halogens is 4. The van der Waals surface area contributed by atoms with E-state index in [1.165, 1.54) is 42.1 Å². The number of amides is 2. The van der Waals surface area contributed by atoms with Crippen LogP contribution in [0.1, 0.15) is 23.0 Å². The molecule has 2 amide bonds. The summed E-state index contributed by atoms with van der Waals surface area (Å²) in [5, 5.41) is 8.68. The van der Waals surface area contributed by atoms with Crippen LogP contribution in [0.2, 0.25) is 0 Å². The fourth-order valence-electron chi connectivity index (χ4n) is 2.52. The summed E-state index contributed by atoms with van der Waals surface area (Å²) in [5.74, 6) is -1.81. The molecule has 6 nitrogen and oxygen atoms in total. The van der Waals surface area contributed by atoms with E-state index in [0.29, 0.717) is 11.8 Å². The van der Waals surface area contributed by atoms with Crippen LogP contribution >= 0.6 is 0 Å². The predicted octanol–water partition coefficient (Wildman–Crippen LogP) is 4.24. The molecule has 1 heterocycles. The summed E-state index contributed by atoms with van der Waals surface area (Å²) in [6, 6.07) is 9.37. The molecule has 0 fully saturated rings. The molecular weight excluding hydrogens is 392 g/mol. The highest BCUT2D eigenvalue weighted by atomic mass is 19.4. The van der Waals surface area contributed by atoms with Gasteiger partial charge in [0.05, 0.1) is 22.6 Å². The van der Waals surface area contributed by atoms with Crippen LogP contribution in [0.15, 0.2) is 54.7 Å². The Balaban J connectivity index is 1.89. The van der Waals surface area contributed by atoms with Gasteiger partial charge in [0.2, 0.25) is 5.91 Å². The largest absolute Gasteiger partial charge is 0.416 e. The molecule has 0 aliphatic rings. The topological polar surface area (TPSA) is 76.0 Å². The van der Waals surface area contributed by atoms with Gasteiger partial charge in [-0.05, 0) is 42.5 Å². The molecule has 0 aliphatic heterocycles. The predicted molar refractivity (Wildman–Crippen MR) is 97.2 cm³/mol. The summed E-state index contributed by atoms with van der Waals surface area (Å²) < 4.78 is 53.6. The number of hydrogen-bond acceptors (Lipinski definition) is 3. The van der Waals surface area contributed by atoms with Gasteiger partial charge >= 0.3 is 6.18 Å². The number of benzene rings is 2. The maximum absolute atomic E-state index is 13.3. The lowest BCUT2D eigenvalue weighted by Crippen LogP contribution is -2.17. The molecule has 1 aromatic heterocycles. The molecule has 0 saturated carbocycles. The molecule has 10 heteroatoms. The van der Waals surface area contributed by atoms with E-state index >= 15 is 0 Å². The Bertz CT molecular complexity index is 1080. The van der Waals surface area contributed by atoms with Gasteiger partial charge in [-0.15, -0.1) is 0 Å². The third-order valence-electron chi connectivity index (χ3n) is 3.80. The second-order valence-corrected chi connectivity index (χ2v) is 6.02. The molecule has 2 N–H and O–H groups in total. The number of aromatic nitrogens is 2. The Labute approximate surface area is 162 Å². The Morgan fingerprint density at radius 3 is 2.41 bits per heavy atom. The quantitative estimate of drug-likeness (QED) is 0.637. The number of anilines is 2. The first-order valence-corrected chi connectivity index (χ1v) is 8.25. The molecule has 0 atom stereocenters. The van der Waals surface area contributed by atoms with Crippen molar-refractivity contribution in [2.45, 2.75) is 13.1 Å². The van der Waals surface area contributed by atoms with Gasteiger partial charge in [0.1, 0.15) is 5.82 Å². The van der Waals surface area contributed by atoms with E-state index in [0.717, 1.165) is 12.1 Å². The van der Waals surface area contributed by atoms with Gasteiger partial charge < -0.3 is 10.6 Å². The van der Waals surface area contributed by atoms with Crippen LogP contribution in [-0.2, 0) is 11.0 Å². The molecule has 150 valence electrons. The SMILES string of the molecule is CC(=O)Nc1ccc(C(F)(F)F)cc1NC(=O)c1ccn(-c2cccc(F)c2)n1. The summed E-state index contributed by atoms with van der Waals surface area (Å²) in [7, 11) is 0. The standard InChI is InChI=1S/C19H14F4N4O2/c1-11(28)24-15-6-5-12(19(21,22)23)9-17(15)25-18(29)16-7-8-27(26-16)14-4-2-3-13(20)10-14/h2-10H,1H3,(H,24,28)(H,25,29). The van der Waals surface area contributed by atoms with Gasteiger partial charge in [-0.25, -0.2) is 9.07 Å². The molecular formula is C19H14F4N4O2. The minimum absolute atomic E-state index is 0.00316. The first-order chi connectivity index (χ1) is 13.6. The van der Waals surface area contributed by atoms with E-state index in [1.807, 2.05) is 0 Å². The highest BCUT2D eigenvalue weighted by Crippen LogP contribution is 2.34. The Morgan fingerprint density at radius 2 is 1.76 bits per heavy atom. The second-order valence-electron chi connectivity index (χ2n) is 6.02. The summed E-state index contributed by atoms with van der Waals surface area (Å²) in [6.45, 7) is 1.18. The maximum atomic E-state index is 13.3. The first kappa shape index (κ1) is 20.1. The smallest absolute Gasteiger partial charge is 0.325 e. The molecule has 2 aromatic carbocycles. The molecule has 0 unspecified atom stereocenters. The van der Waals surface area contributed by atoms with Crippen molar-refractivity contribution in [1.82, 2.24) is 9.78 Å². The van der Waals surface area contributed by atoms with E-state index in [-0.39, 0.29) is 17.1 Å². The van der Waals surface area contributed by atoms with Crippen molar-refractivity contribution in [2.75, 3.05) is 10.6 Å². The van der Waals surface area contributed by atoms with Crippen LogP contribution < -0.4 is 10.6 Å². The van der Waals surface area contributed by atoms with Gasteiger partial charge in [-0.1, -0.05) is 6.07 Å². The van der Waals surface area contributed by atoms with Gasteiger partial charge in [0.25, 0.3) is 5.91 Å². The second kappa shape index (κ2) is 7.74. The van der Waals surface area contributed by atoms with Crippen LogP contribution in [0, 0.1) is 5.82 Å². The minimum atomic E-state index is -4.63. The van der Waals surface area contributed by atoms with Crippen molar-refractivity contribution < 1.29 is 27.2 Å². The van der Waals surface area contributed by atoms with Gasteiger partial charge in [0, 0.05) is 13.1 Å². The van der Waals surface area contributed by atoms with Crippen molar-refractivity contribution in [3.8, 4) is 5.69 Å².